The quantitative estimate of drug-likeness (QED) is 0.796. The molecular formula is C11H9ClN4O. The summed E-state index contributed by atoms with van der Waals surface area (Å²) in [5, 5.41) is 2.92. The minimum absolute atomic E-state index is 0.246. The van der Waals surface area contributed by atoms with Crippen molar-refractivity contribution in [2.45, 2.75) is 0 Å². The number of carbonyl (C=O) groups is 1. The Bertz CT molecular complexity index is 544. The molecule has 6 heteroatoms. The Kier molecular flexibility index (Phi) is 3.20. The van der Waals surface area contributed by atoms with Crippen LogP contribution in [0.15, 0.2) is 36.8 Å². The molecule has 2 rings (SSSR count). The van der Waals surface area contributed by atoms with Gasteiger partial charge in [0.25, 0.3) is 5.91 Å². The van der Waals surface area contributed by atoms with Gasteiger partial charge in [0.05, 0.1) is 22.5 Å². The Morgan fingerprint density at radius 2 is 2.18 bits per heavy atom. The van der Waals surface area contributed by atoms with E-state index in [9.17, 15) is 4.79 Å². The average molecular weight is 249 g/mol. The number of halogens is 1. The molecule has 1 aromatic heterocycles. The van der Waals surface area contributed by atoms with E-state index in [1.807, 2.05) is 0 Å². The number of anilines is 2. The van der Waals surface area contributed by atoms with Crippen molar-refractivity contribution in [1.29, 1.82) is 0 Å². The molecule has 0 aliphatic carbocycles. The van der Waals surface area contributed by atoms with Crippen molar-refractivity contribution in [2.24, 2.45) is 0 Å². The zero-order valence-electron chi connectivity index (χ0n) is 8.72. The molecule has 1 amide bonds. The fourth-order valence-electron chi connectivity index (χ4n) is 1.28. The summed E-state index contributed by atoms with van der Waals surface area (Å²) in [6.45, 7) is 0. The van der Waals surface area contributed by atoms with E-state index in [2.05, 4.69) is 15.3 Å². The van der Waals surface area contributed by atoms with Gasteiger partial charge in [-0.15, -0.1) is 0 Å². The second-order valence-corrected chi connectivity index (χ2v) is 3.65. The third-order valence-electron chi connectivity index (χ3n) is 2.10. The second kappa shape index (κ2) is 4.80. The highest BCUT2D eigenvalue weighted by Gasteiger charge is 2.12. The van der Waals surface area contributed by atoms with E-state index in [0.717, 1.165) is 0 Å². The van der Waals surface area contributed by atoms with Crippen molar-refractivity contribution >= 4 is 29.0 Å². The molecule has 5 nitrogen and oxygen atoms in total. The zero-order valence-corrected chi connectivity index (χ0v) is 9.48. The maximum atomic E-state index is 11.9. The molecule has 0 unspecified atom stereocenters. The number of hydrogen-bond donors (Lipinski definition) is 2. The summed E-state index contributed by atoms with van der Waals surface area (Å²) < 4.78 is 0. The van der Waals surface area contributed by atoms with Crippen LogP contribution in [0.2, 0.25) is 5.02 Å². The second-order valence-electron chi connectivity index (χ2n) is 3.25. The zero-order chi connectivity index (χ0) is 12.3. The topological polar surface area (TPSA) is 80.9 Å². The third-order valence-corrected chi connectivity index (χ3v) is 2.43. The van der Waals surface area contributed by atoms with Gasteiger partial charge in [-0.05, 0) is 12.1 Å². The first kappa shape index (κ1) is 11.3. The molecule has 0 aliphatic rings. The predicted octanol–water partition coefficient (Wildman–Crippen LogP) is 1.96. The molecule has 1 heterocycles. The molecule has 3 N–H and O–H groups in total. The number of nitrogens with one attached hydrogen (secondary N) is 1. The van der Waals surface area contributed by atoms with Gasteiger partial charge in [0, 0.05) is 12.4 Å². The minimum atomic E-state index is -0.370. The van der Waals surface area contributed by atoms with E-state index < -0.39 is 0 Å². The van der Waals surface area contributed by atoms with Gasteiger partial charge in [-0.1, -0.05) is 17.7 Å². The molecule has 0 saturated carbocycles. The normalized spacial score (nSPS) is 9.94. The molecule has 0 fully saturated rings. The van der Waals surface area contributed by atoms with Crippen LogP contribution in [-0.4, -0.2) is 15.9 Å². The van der Waals surface area contributed by atoms with Crippen LogP contribution < -0.4 is 11.1 Å². The average Bonchev–Trinajstić information content (AvgIpc) is 2.34. The van der Waals surface area contributed by atoms with Gasteiger partial charge in [-0.3, -0.25) is 9.78 Å². The van der Waals surface area contributed by atoms with Crippen molar-refractivity contribution in [1.82, 2.24) is 9.97 Å². The van der Waals surface area contributed by atoms with Gasteiger partial charge < -0.3 is 11.1 Å². The molecule has 0 spiro atoms. The molecule has 0 aliphatic heterocycles. The first-order valence-electron chi connectivity index (χ1n) is 4.80. The molecule has 0 bridgehead atoms. The van der Waals surface area contributed by atoms with Crippen LogP contribution in [0.3, 0.4) is 0 Å². The summed E-state index contributed by atoms with van der Waals surface area (Å²) in [7, 11) is 0. The number of benzene rings is 1. The first-order chi connectivity index (χ1) is 8.18. The number of hydrogen-bond acceptors (Lipinski definition) is 4. The highest BCUT2D eigenvalue weighted by Crippen LogP contribution is 2.22. The summed E-state index contributed by atoms with van der Waals surface area (Å²) in [5.74, 6) is -0.0117. The fourth-order valence-corrected chi connectivity index (χ4v) is 1.46. The molecule has 86 valence electrons. The maximum Gasteiger partial charge on any atom is 0.259 e. The van der Waals surface area contributed by atoms with Crippen LogP contribution in [0.25, 0.3) is 0 Å². The summed E-state index contributed by atoms with van der Waals surface area (Å²) in [6, 6.07) is 4.87. The summed E-state index contributed by atoms with van der Waals surface area (Å²) in [5.41, 5.74) is 6.26. The lowest BCUT2D eigenvalue weighted by atomic mass is 10.1. The highest BCUT2D eigenvalue weighted by atomic mass is 35.5. The van der Waals surface area contributed by atoms with E-state index in [4.69, 9.17) is 17.3 Å². The summed E-state index contributed by atoms with van der Waals surface area (Å²) in [4.78, 5) is 19.6. The van der Waals surface area contributed by atoms with Crippen LogP contribution in [0.5, 0.6) is 0 Å². The van der Waals surface area contributed by atoms with Gasteiger partial charge in [-0.25, -0.2) is 4.98 Å². The number of aromatic nitrogens is 2. The number of nitrogen functional groups attached to an aromatic ring is 1. The Morgan fingerprint density at radius 1 is 1.35 bits per heavy atom. The minimum Gasteiger partial charge on any atom is -0.397 e. The van der Waals surface area contributed by atoms with Crippen LogP contribution in [0, 0.1) is 0 Å². The molecule has 1 aromatic carbocycles. The summed E-state index contributed by atoms with van der Waals surface area (Å²) >= 11 is 5.83. The Labute approximate surface area is 103 Å². The van der Waals surface area contributed by atoms with Gasteiger partial charge in [-0.2, -0.15) is 0 Å². The third kappa shape index (κ3) is 2.51. The van der Waals surface area contributed by atoms with Crippen molar-refractivity contribution in [3.8, 4) is 0 Å². The van der Waals surface area contributed by atoms with Crippen molar-refractivity contribution in [2.75, 3.05) is 11.1 Å². The van der Waals surface area contributed by atoms with E-state index in [1.165, 1.54) is 18.6 Å². The molecule has 0 atom stereocenters. The number of carbonyl (C=O) groups excluding carboxylic acids is 1. The number of amides is 1. The van der Waals surface area contributed by atoms with Crippen molar-refractivity contribution in [3.05, 3.63) is 47.4 Å². The smallest absolute Gasteiger partial charge is 0.259 e. The van der Waals surface area contributed by atoms with Crippen LogP contribution in [0.4, 0.5) is 11.5 Å². The number of nitrogens with two attached hydrogens (primary N) is 1. The molecule has 17 heavy (non-hydrogen) atoms. The van der Waals surface area contributed by atoms with Crippen molar-refractivity contribution < 1.29 is 4.79 Å². The largest absolute Gasteiger partial charge is 0.397 e. The van der Waals surface area contributed by atoms with E-state index in [1.54, 1.807) is 18.2 Å². The lowest BCUT2D eigenvalue weighted by molar-refractivity contribution is 0.102. The van der Waals surface area contributed by atoms with Crippen LogP contribution in [0.1, 0.15) is 10.4 Å². The number of nitrogens with zero attached hydrogens (tertiary/aromatic N) is 2. The SMILES string of the molecule is Nc1c(Cl)cccc1C(=O)Nc1cnccn1. The molecular weight excluding hydrogens is 240 g/mol. The first-order valence-corrected chi connectivity index (χ1v) is 5.17. The van der Waals surface area contributed by atoms with E-state index >= 15 is 0 Å². The lowest BCUT2D eigenvalue weighted by Gasteiger charge is -2.07. The van der Waals surface area contributed by atoms with E-state index in [-0.39, 0.29) is 11.6 Å². The van der Waals surface area contributed by atoms with Crippen molar-refractivity contribution in [3.63, 3.8) is 0 Å². The molecule has 0 saturated heterocycles. The summed E-state index contributed by atoms with van der Waals surface area (Å²) in [6.07, 6.45) is 4.44. The Morgan fingerprint density at radius 3 is 2.88 bits per heavy atom. The Balaban J connectivity index is 2.24. The lowest BCUT2D eigenvalue weighted by Crippen LogP contribution is -2.15. The van der Waals surface area contributed by atoms with Gasteiger partial charge >= 0.3 is 0 Å². The predicted molar refractivity (Wildman–Crippen MR) is 65.8 cm³/mol. The number of para-hydroxylation sites is 1. The molecule has 2 aromatic rings. The monoisotopic (exact) mass is 248 g/mol. The Hall–Kier alpha value is -2.14. The standard InChI is InChI=1S/C11H9ClN4O/c12-8-3-1-2-7(10(8)13)11(17)16-9-6-14-4-5-15-9/h1-6H,13H2,(H,15,16,17). The van der Waals surface area contributed by atoms with Crippen LogP contribution >= 0.6 is 11.6 Å². The number of rotatable bonds is 2. The van der Waals surface area contributed by atoms with Crippen LogP contribution in [-0.2, 0) is 0 Å². The van der Waals surface area contributed by atoms with Gasteiger partial charge in [0.15, 0.2) is 5.82 Å². The highest BCUT2D eigenvalue weighted by molar-refractivity contribution is 6.34. The molecule has 0 radical (unpaired) electrons. The van der Waals surface area contributed by atoms with Gasteiger partial charge in [0.2, 0.25) is 0 Å². The van der Waals surface area contributed by atoms with E-state index in [0.29, 0.717) is 16.4 Å². The maximum absolute atomic E-state index is 11.9. The van der Waals surface area contributed by atoms with Gasteiger partial charge in [0.1, 0.15) is 0 Å². The fraction of sp³-hybridized carbons (Fsp3) is 0.